The third-order valence-corrected chi connectivity index (χ3v) is 21.3. The van der Waals surface area contributed by atoms with Crippen LogP contribution in [-0.2, 0) is 27.1 Å². The van der Waals surface area contributed by atoms with Crippen LogP contribution < -0.4 is 25.5 Å². The first kappa shape index (κ1) is 50.6. The van der Waals surface area contributed by atoms with Gasteiger partial charge < -0.3 is 14.6 Å². The van der Waals surface area contributed by atoms with Crippen molar-refractivity contribution in [3.63, 3.8) is 0 Å². The van der Waals surface area contributed by atoms with Crippen molar-refractivity contribution in [2.45, 2.75) is 116 Å². The number of benzene rings is 10. The van der Waals surface area contributed by atoms with Gasteiger partial charge in [-0.25, -0.2) is 0 Å². The van der Waals surface area contributed by atoms with Gasteiger partial charge in [0.2, 0.25) is 0 Å². The molecule has 0 N–H and O–H groups in total. The zero-order valence-electron chi connectivity index (χ0n) is 49.8. The standard InChI is InChI=1S/C78H70BN3S/c1-47-41-63-64(77(10,11)40-39-76(63,8)9)45-67(47)82-68-46-71-57(55-23-14-19-30-70(55)83-71)44-56(68)58-42-52(80(50-35-31-48(32-36-50)74(2,3)4)51-37-33-49(34-38-51)75(5,6)7)43-69-72(58)79(82)65-28-20-27-62-73(65)81(69)66-29-18-17-26-61(66)78(62)59-24-15-12-21-53(59)54-22-13-16-25-60(54)78/h12-38,41-46H,39-40H2,1-11H3. The van der Waals surface area contributed by atoms with E-state index >= 15 is 0 Å². The molecule has 0 unspecified atom stereocenters. The summed E-state index contributed by atoms with van der Waals surface area (Å²) in [7, 11) is 0. The molecule has 3 nitrogen and oxygen atoms in total. The van der Waals surface area contributed by atoms with Crippen LogP contribution in [0.25, 0.3) is 42.4 Å². The fraction of sp³-hybridized carbons (Fsp3) is 0.231. The summed E-state index contributed by atoms with van der Waals surface area (Å²) in [6, 6.07) is 78.7. The molecule has 10 aromatic carbocycles. The quantitative estimate of drug-likeness (QED) is 0.163. The minimum atomic E-state index is -0.572. The highest BCUT2D eigenvalue weighted by Crippen LogP contribution is 2.65. The van der Waals surface area contributed by atoms with E-state index in [0.717, 1.165) is 23.5 Å². The van der Waals surface area contributed by atoms with Crippen LogP contribution >= 0.6 is 11.3 Å². The van der Waals surface area contributed by atoms with Gasteiger partial charge >= 0.3 is 6.85 Å². The van der Waals surface area contributed by atoms with Crippen molar-refractivity contribution in [1.82, 2.24) is 0 Å². The second-order valence-electron chi connectivity index (χ2n) is 28.0. The summed E-state index contributed by atoms with van der Waals surface area (Å²) >= 11 is 1.92. The van der Waals surface area contributed by atoms with Gasteiger partial charge in [-0.05, 0) is 186 Å². The molecule has 0 saturated carbocycles. The minimum absolute atomic E-state index is 0.00227. The molecule has 0 bridgehead atoms. The van der Waals surface area contributed by atoms with Crippen molar-refractivity contribution in [3.05, 3.63) is 250 Å². The largest absolute Gasteiger partial charge is 0.376 e. The highest BCUT2D eigenvalue weighted by Gasteiger charge is 2.56. The normalized spacial score (nSPS) is 16.3. The molecule has 1 aromatic heterocycles. The van der Waals surface area contributed by atoms with E-state index in [1.807, 2.05) is 11.3 Å². The van der Waals surface area contributed by atoms with E-state index in [0.29, 0.717) is 0 Å². The van der Waals surface area contributed by atoms with Gasteiger partial charge in [0.25, 0.3) is 0 Å². The van der Waals surface area contributed by atoms with Crippen LogP contribution in [0.15, 0.2) is 200 Å². The van der Waals surface area contributed by atoms with Crippen molar-refractivity contribution in [2.24, 2.45) is 0 Å². The van der Waals surface area contributed by atoms with Crippen LogP contribution in [0.3, 0.4) is 0 Å². The van der Waals surface area contributed by atoms with E-state index in [-0.39, 0.29) is 28.5 Å². The van der Waals surface area contributed by atoms with E-state index in [4.69, 9.17) is 0 Å². The Hall–Kier alpha value is -8.12. The zero-order valence-corrected chi connectivity index (χ0v) is 50.6. The lowest BCUT2D eigenvalue weighted by Gasteiger charge is -2.52. The molecule has 1 spiro atoms. The third kappa shape index (κ3) is 7.04. The lowest BCUT2D eigenvalue weighted by molar-refractivity contribution is 0.332. The number of hydrogen-bond donors (Lipinski definition) is 0. The molecule has 5 heteroatoms. The van der Waals surface area contributed by atoms with Gasteiger partial charge in [0.05, 0.1) is 11.1 Å². The van der Waals surface area contributed by atoms with Crippen molar-refractivity contribution in [1.29, 1.82) is 0 Å². The molecule has 0 saturated heterocycles. The van der Waals surface area contributed by atoms with Gasteiger partial charge in [-0.1, -0.05) is 203 Å². The first-order valence-electron chi connectivity index (χ1n) is 30.2. The molecular formula is C78H70BN3S. The number of hydrogen-bond acceptors (Lipinski definition) is 4. The maximum absolute atomic E-state index is 2.82. The Morgan fingerprint density at radius 3 is 1.64 bits per heavy atom. The van der Waals surface area contributed by atoms with Crippen molar-refractivity contribution < 1.29 is 0 Å². The highest BCUT2D eigenvalue weighted by molar-refractivity contribution is 7.25. The van der Waals surface area contributed by atoms with E-state index in [1.165, 1.54) is 138 Å². The Balaban J connectivity index is 1.06. The molecule has 5 aliphatic rings. The van der Waals surface area contributed by atoms with Crippen LogP contribution in [-0.4, -0.2) is 6.85 Å². The Labute approximate surface area is 495 Å². The zero-order chi connectivity index (χ0) is 56.9. The Morgan fingerprint density at radius 2 is 1.00 bits per heavy atom. The SMILES string of the molecule is Cc1cc2c(cc1N1B3c4cccc5c4N(c4ccccc4C54c5ccccc5-c5ccccc54)c4cc(N(c5ccc(C(C)(C)C)cc5)c5ccc(C(C)(C)C)cc5)cc(c43)-c3cc4c(cc31)sc1ccccc14)C(C)(C)CCC2(C)C. The average Bonchev–Trinajstić information content (AvgIpc) is 2.18. The predicted molar refractivity (Wildman–Crippen MR) is 356 cm³/mol. The average molecular weight is 1090 g/mol. The van der Waals surface area contributed by atoms with Crippen molar-refractivity contribution >= 4 is 94.8 Å². The molecule has 0 amide bonds. The topological polar surface area (TPSA) is 9.72 Å². The van der Waals surface area contributed by atoms with E-state index < -0.39 is 5.41 Å². The lowest BCUT2D eigenvalue weighted by Crippen LogP contribution is -2.63. The Morgan fingerprint density at radius 1 is 0.434 bits per heavy atom. The minimum Gasteiger partial charge on any atom is -0.376 e. The molecule has 3 aliphatic heterocycles. The van der Waals surface area contributed by atoms with Crippen LogP contribution in [0.4, 0.5) is 45.5 Å². The van der Waals surface area contributed by atoms with E-state index in [1.54, 1.807) is 0 Å². The molecule has 83 heavy (non-hydrogen) atoms. The third-order valence-electron chi connectivity index (χ3n) is 20.1. The number of aryl methyl sites for hydroxylation is 1. The highest BCUT2D eigenvalue weighted by atomic mass is 32.1. The maximum atomic E-state index is 2.82. The van der Waals surface area contributed by atoms with Gasteiger partial charge in [0, 0.05) is 65.5 Å². The number of rotatable bonds is 4. The molecule has 11 aromatic rings. The Bertz CT molecular complexity index is 4460. The number of fused-ring (bicyclic) bond motifs is 17. The van der Waals surface area contributed by atoms with Gasteiger partial charge in [-0.2, -0.15) is 0 Å². The van der Waals surface area contributed by atoms with Crippen LogP contribution in [0.1, 0.15) is 132 Å². The molecule has 2 aliphatic carbocycles. The first-order valence-corrected chi connectivity index (χ1v) is 31.0. The number of para-hydroxylation sites is 2. The van der Waals surface area contributed by atoms with Gasteiger partial charge in [-0.3, -0.25) is 0 Å². The summed E-state index contributed by atoms with van der Waals surface area (Å²) in [6.45, 7) is 26.0. The molecule has 16 rings (SSSR count). The molecule has 4 heterocycles. The first-order chi connectivity index (χ1) is 39.8. The second-order valence-corrected chi connectivity index (χ2v) is 29.1. The van der Waals surface area contributed by atoms with Crippen molar-refractivity contribution in [3.8, 4) is 22.3 Å². The van der Waals surface area contributed by atoms with Gasteiger partial charge in [-0.15, -0.1) is 11.3 Å². The molecule has 0 radical (unpaired) electrons. The number of thiophene rings is 1. The van der Waals surface area contributed by atoms with E-state index in [2.05, 4.69) is 291 Å². The van der Waals surface area contributed by atoms with Gasteiger partial charge in [0.15, 0.2) is 0 Å². The summed E-state index contributed by atoms with van der Waals surface area (Å²) in [5.74, 6) is 0. The number of anilines is 8. The second kappa shape index (κ2) is 17.2. The predicted octanol–water partition coefficient (Wildman–Crippen LogP) is 20.2. The van der Waals surface area contributed by atoms with Crippen molar-refractivity contribution in [2.75, 3.05) is 14.6 Å². The van der Waals surface area contributed by atoms with Gasteiger partial charge in [0.1, 0.15) is 0 Å². The van der Waals surface area contributed by atoms with E-state index in [9.17, 15) is 0 Å². The summed E-state index contributed by atoms with van der Waals surface area (Å²) in [5.41, 5.74) is 29.2. The molecule has 0 atom stereocenters. The molecule has 0 fully saturated rings. The van der Waals surface area contributed by atoms with Crippen LogP contribution in [0.5, 0.6) is 0 Å². The monoisotopic (exact) mass is 1090 g/mol. The Kier molecular flexibility index (Phi) is 10.5. The fourth-order valence-electron chi connectivity index (χ4n) is 15.7. The molecule has 406 valence electrons. The lowest BCUT2D eigenvalue weighted by atomic mass is 9.42. The number of nitrogens with zero attached hydrogens (tertiary/aromatic N) is 3. The van der Waals surface area contributed by atoms with Crippen LogP contribution in [0.2, 0.25) is 0 Å². The van der Waals surface area contributed by atoms with Crippen LogP contribution in [0, 0.1) is 6.92 Å². The fourth-order valence-corrected chi connectivity index (χ4v) is 16.9. The maximum Gasteiger partial charge on any atom is 0.333 e. The smallest absolute Gasteiger partial charge is 0.333 e. The molecular weight excluding hydrogens is 1020 g/mol. The summed E-state index contributed by atoms with van der Waals surface area (Å²) < 4.78 is 2.63. The summed E-state index contributed by atoms with van der Waals surface area (Å²) in [6.07, 6.45) is 2.32. The summed E-state index contributed by atoms with van der Waals surface area (Å²) in [5, 5.41) is 2.62. The summed E-state index contributed by atoms with van der Waals surface area (Å²) in [4.78, 5) is 8.07.